The summed E-state index contributed by atoms with van der Waals surface area (Å²) in [7, 11) is 0. The van der Waals surface area contributed by atoms with E-state index in [2.05, 4.69) is 25.1 Å². The van der Waals surface area contributed by atoms with Crippen molar-refractivity contribution in [1.82, 2.24) is 15.0 Å². The van der Waals surface area contributed by atoms with Gasteiger partial charge in [-0.1, -0.05) is 103 Å². The summed E-state index contributed by atoms with van der Waals surface area (Å²) in [6, 6.07) is 30.2. The molecular formula is C32H22ClN3O. The quantitative estimate of drug-likeness (QED) is 0.245. The predicted octanol–water partition coefficient (Wildman–Crippen LogP) is 8.38. The fourth-order valence-corrected chi connectivity index (χ4v) is 5.48. The maximum Gasteiger partial charge on any atom is 0.164 e. The standard InChI is InChI=1S/C32H22ClN3O/c1-19-17-25(29-24-11-5-6-16-27(24)37-28(29)18-19)32-35-30(20-9-3-2-4-10-20)34-31(36-32)23-14-7-13-22-21(23)12-8-15-26(22)33/h2-17,19H,18H2,1H3. The molecule has 0 saturated heterocycles. The highest BCUT2D eigenvalue weighted by Gasteiger charge is 2.27. The molecule has 0 spiro atoms. The second kappa shape index (κ2) is 8.68. The molecule has 2 aromatic heterocycles. The number of hydrogen-bond acceptors (Lipinski definition) is 4. The van der Waals surface area contributed by atoms with Gasteiger partial charge in [0, 0.05) is 44.5 Å². The molecule has 0 bridgehead atoms. The van der Waals surface area contributed by atoms with Crippen molar-refractivity contribution < 1.29 is 4.42 Å². The highest BCUT2D eigenvalue weighted by molar-refractivity contribution is 6.35. The Kier molecular flexibility index (Phi) is 5.15. The van der Waals surface area contributed by atoms with Gasteiger partial charge in [0.2, 0.25) is 0 Å². The van der Waals surface area contributed by atoms with E-state index in [4.69, 9.17) is 31.0 Å². The first-order valence-corrected chi connectivity index (χ1v) is 12.8. The van der Waals surface area contributed by atoms with Gasteiger partial charge in [-0.3, -0.25) is 0 Å². The highest BCUT2D eigenvalue weighted by atomic mass is 35.5. The lowest BCUT2D eigenvalue weighted by Crippen LogP contribution is -2.10. The van der Waals surface area contributed by atoms with Crippen molar-refractivity contribution in [1.29, 1.82) is 0 Å². The number of halogens is 1. The molecule has 0 aliphatic heterocycles. The van der Waals surface area contributed by atoms with E-state index in [1.54, 1.807) is 0 Å². The summed E-state index contributed by atoms with van der Waals surface area (Å²) >= 11 is 6.54. The number of aromatic nitrogens is 3. The number of rotatable bonds is 3. The fraction of sp³-hybridized carbons (Fsp3) is 0.0938. The average molecular weight is 500 g/mol. The summed E-state index contributed by atoms with van der Waals surface area (Å²) in [4.78, 5) is 15.0. The second-order valence-corrected chi connectivity index (χ2v) is 9.88. The van der Waals surface area contributed by atoms with E-state index in [0.29, 0.717) is 28.4 Å². The Bertz CT molecular complexity index is 1840. The molecule has 2 heterocycles. The summed E-state index contributed by atoms with van der Waals surface area (Å²) in [6.07, 6.45) is 3.11. The molecule has 0 saturated carbocycles. The lowest BCUT2D eigenvalue weighted by molar-refractivity contribution is 0.512. The molecular weight excluding hydrogens is 478 g/mol. The molecule has 4 nitrogen and oxygen atoms in total. The molecule has 0 N–H and O–H groups in total. The average Bonchev–Trinajstić information content (AvgIpc) is 3.31. The van der Waals surface area contributed by atoms with Gasteiger partial charge in [0.1, 0.15) is 11.3 Å². The maximum absolute atomic E-state index is 6.54. The fourth-order valence-electron chi connectivity index (χ4n) is 5.24. The van der Waals surface area contributed by atoms with Crippen LogP contribution in [0.1, 0.15) is 24.1 Å². The van der Waals surface area contributed by atoms with E-state index in [0.717, 1.165) is 56.2 Å². The van der Waals surface area contributed by atoms with E-state index in [-0.39, 0.29) is 0 Å². The first-order chi connectivity index (χ1) is 18.2. The third-order valence-electron chi connectivity index (χ3n) is 6.91. The lowest BCUT2D eigenvalue weighted by atomic mass is 9.88. The zero-order valence-corrected chi connectivity index (χ0v) is 20.9. The summed E-state index contributed by atoms with van der Waals surface area (Å²) in [6.45, 7) is 2.20. The van der Waals surface area contributed by atoms with Crippen LogP contribution in [0.5, 0.6) is 0 Å². The maximum atomic E-state index is 6.54. The Morgan fingerprint density at radius 2 is 1.41 bits per heavy atom. The van der Waals surface area contributed by atoms with Crippen LogP contribution in [0.15, 0.2) is 101 Å². The van der Waals surface area contributed by atoms with Gasteiger partial charge in [-0.25, -0.2) is 15.0 Å². The zero-order valence-electron chi connectivity index (χ0n) is 20.1. The van der Waals surface area contributed by atoms with Crippen LogP contribution < -0.4 is 0 Å². The van der Waals surface area contributed by atoms with Crippen molar-refractivity contribution in [2.75, 3.05) is 0 Å². The minimum absolute atomic E-state index is 0.291. The van der Waals surface area contributed by atoms with Gasteiger partial charge in [0.25, 0.3) is 0 Å². The minimum Gasteiger partial charge on any atom is -0.460 e. The largest absolute Gasteiger partial charge is 0.460 e. The molecule has 178 valence electrons. The van der Waals surface area contributed by atoms with Crippen LogP contribution in [0, 0.1) is 5.92 Å². The Morgan fingerprint density at radius 3 is 2.30 bits per heavy atom. The number of fused-ring (bicyclic) bond motifs is 4. The summed E-state index contributed by atoms with van der Waals surface area (Å²) < 4.78 is 6.29. The van der Waals surface area contributed by atoms with Crippen LogP contribution in [0.4, 0.5) is 0 Å². The number of furan rings is 1. The normalized spacial score (nSPS) is 15.1. The number of nitrogens with zero attached hydrogens (tertiary/aromatic N) is 3. The van der Waals surface area contributed by atoms with Gasteiger partial charge < -0.3 is 4.42 Å². The molecule has 1 unspecified atom stereocenters. The molecule has 7 rings (SSSR count). The van der Waals surface area contributed by atoms with E-state index in [1.807, 2.05) is 78.9 Å². The van der Waals surface area contributed by atoms with Crippen LogP contribution in [-0.2, 0) is 6.42 Å². The van der Waals surface area contributed by atoms with Gasteiger partial charge >= 0.3 is 0 Å². The monoisotopic (exact) mass is 499 g/mol. The summed E-state index contributed by atoms with van der Waals surface area (Å²) in [5, 5.41) is 3.76. The Morgan fingerprint density at radius 1 is 0.703 bits per heavy atom. The van der Waals surface area contributed by atoms with Gasteiger partial charge in [-0.2, -0.15) is 0 Å². The highest BCUT2D eigenvalue weighted by Crippen LogP contribution is 2.40. The number of hydrogen-bond donors (Lipinski definition) is 0. The second-order valence-electron chi connectivity index (χ2n) is 9.47. The minimum atomic E-state index is 0.291. The van der Waals surface area contributed by atoms with Crippen molar-refractivity contribution in [3.63, 3.8) is 0 Å². The lowest BCUT2D eigenvalue weighted by Gasteiger charge is -2.18. The SMILES string of the molecule is CC1C=C(c2nc(-c3ccccc3)nc(-c3cccc4c(Cl)cccc34)n2)c2c(oc3ccccc23)C1. The Balaban J connectivity index is 1.51. The molecule has 0 fully saturated rings. The predicted molar refractivity (Wildman–Crippen MR) is 149 cm³/mol. The first-order valence-electron chi connectivity index (χ1n) is 12.4. The van der Waals surface area contributed by atoms with Crippen molar-refractivity contribution in [3.8, 4) is 22.8 Å². The Hall–Kier alpha value is -4.28. The van der Waals surface area contributed by atoms with Crippen LogP contribution >= 0.6 is 11.6 Å². The molecule has 1 atom stereocenters. The first kappa shape index (κ1) is 22.0. The number of benzene rings is 4. The number of para-hydroxylation sites is 1. The van der Waals surface area contributed by atoms with Gasteiger partial charge in [-0.05, 0) is 23.4 Å². The van der Waals surface area contributed by atoms with Crippen molar-refractivity contribution in [2.45, 2.75) is 13.3 Å². The summed E-state index contributed by atoms with van der Waals surface area (Å²) in [5.74, 6) is 3.16. The van der Waals surface area contributed by atoms with E-state index >= 15 is 0 Å². The van der Waals surface area contributed by atoms with E-state index < -0.39 is 0 Å². The molecule has 0 radical (unpaired) electrons. The molecule has 6 aromatic rings. The van der Waals surface area contributed by atoms with Gasteiger partial charge in [0.15, 0.2) is 17.5 Å². The van der Waals surface area contributed by atoms with Gasteiger partial charge in [0.05, 0.1) is 0 Å². The Labute approximate surface area is 219 Å². The van der Waals surface area contributed by atoms with Crippen molar-refractivity contribution in [2.24, 2.45) is 5.92 Å². The number of allylic oxidation sites excluding steroid dienone is 1. The van der Waals surface area contributed by atoms with Crippen LogP contribution in [0.25, 0.3) is 50.1 Å². The van der Waals surface area contributed by atoms with Crippen LogP contribution in [0.2, 0.25) is 5.02 Å². The third-order valence-corrected chi connectivity index (χ3v) is 7.24. The molecule has 4 aromatic carbocycles. The molecule has 0 amide bonds. The van der Waals surface area contributed by atoms with E-state index in [9.17, 15) is 0 Å². The molecule has 1 aliphatic carbocycles. The smallest absolute Gasteiger partial charge is 0.164 e. The van der Waals surface area contributed by atoms with Crippen LogP contribution in [0.3, 0.4) is 0 Å². The molecule has 5 heteroatoms. The van der Waals surface area contributed by atoms with Crippen molar-refractivity contribution in [3.05, 3.63) is 119 Å². The zero-order chi connectivity index (χ0) is 24.9. The molecule has 37 heavy (non-hydrogen) atoms. The topological polar surface area (TPSA) is 51.8 Å². The van der Waals surface area contributed by atoms with Crippen LogP contribution in [-0.4, -0.2) is 15.0 Å². The third kappa shape index (κ3) is 3.73. The van der Waals surface area contributed by atoms with Gasteiger partial charge in [-0.15, -0.1) is 0 Å². The summed E-state index contributed by atoms with van der Waals surface area (Å²) in [5.41, 5.74) is 4.80. The van der Waals surface area contributed by atoms with E-state index in [1.165, 1.54) is 0 Å². The molecule has 1 aliphatic rings. The van der Waals surface area contributed by atoms with Crippen molar-refractivity contribution >= 4 is 38.9 Å².